The van der Waals surface area contributed by atoms with E-state index in [1.807, 2.05) is 43.3 Å². The molecule has 0 radical (unpaired) electrons. The minimum absolute atomic E-state index is 0.0458. The van der Waals surface area contributed by atoms with Gasteiger partial charge in [0.1, 0.15) is 5.82 Å². The van der Waals surface area contributed by atoms with E-state index in [2.05, 4.69) is 33.6 Å². The zero-order valence-electron chi connectivity index (χ0n) is 15.2. The fraction of sp³-hybridized carbons (Fsp3) is 0.190. The molecule has 1 aromatic heterocycles. The summed E-state index contributed by atoms with van der Waals surface area (Å²) in [6.07, 6.45) is 0.945. The molecule has 0 saturated carbocycles. The third-order valence-corrected chi connectivity index (χ3v) is 4.06. The first-order chi connectivity index (χ1) is 12.5. The summed E-state index contributed by atoms with van der Waals surface area (Å²) in [7, 11) is 0. The van der Waals surface area contributed by atoms with E-state index in [4.69, 9.17) is 0 Å². The van der Waals surface area contributed by atoms with Crippen LogP contribution in [0.1, 0.15) is 35.5 Å². The van der Waals surface area contributed by atoms with Gasteiger partial charge in [-0.2, -0.15) is 4.98 Å². The van der Waals surface area contributed by atoms with Crippen LogP contribution >= 0.6 is 0 Å². The summed E-state index contributed by atoms with van der Waals surface area (Å²) in [5.41, 5.74) is 4.65. The van der Waals surface area contributed by atoms with Gasteiger partial charge in [-0.05, 0) is 56.2 Å². The minimum atomic E-state index is 0.0458. The van der Waals surface area contributed by atoms with Gasteiger partial charge in [0.2, 0.25) is 5.95 Å². The van der Waals surface area contributed by atoms with E-state index in [9.17, 15) is 4.79 Å². The summed E-state index contributed by atoms with van der Waals surface area (Å²) < 4.78 is 0. The van der Waals surface area contributed by atoms with E-state index in [0.717, 1.165) is 29.3 Å². The number of ketones is 1. The van der Waals surface area contributed by atoms with Gasteiger partial charge >= 0.3 is 0 Å². The summed E-state index contributed by atoms with van der Waals surface area (Å²) in [5.74, 6) is 1.29. The second kappa shape index (κ2) is 7.78. The minimum Gasteiger partial charge on any atom is -0.340 e. The number of Topliss-reactive ketones (excluding diaryl/α,β-unsaturated/α-hetero) is 1. The van der Waals surface area contributed by atoms with Crippen molar-refractivity contribution in [3.05, 3.63) is 71.4 Å². The number of hydrogen-bond acceptors (Lipinski definition) is 5. The van der Waals surface area contributed by atoms with Crippen molar-refractivity contribution < 1.29 is 4.79 Å². The van der Waals surface area contributed by atoms with Crippen LogP contribution in [0.3, 0.4) is 0 Å². The van der Waals surface area contributed by atoms with Gasteiger partial charge in [-0.25, -0.2) is 4.98 Å². The molecule has 5 nitrogen and oxygen atoms in total. The number of hydrogen-bond donors (Lipinski definition) is 2. The summed E-state index contributed by atoms with van der Waals surface area (Å²) >= 11 is 0. The molecule has 1 heterocycles. The van der Waals surface area contributed by atoms with Crippen LogP contribution in [0, 0.1) is 6.92 Å². The second-order valence-corrected chi connectivity index (χ2v) is 6.11. The highest BCUT2D eigenvalue weighted by atomic mass is 16.1. The highest BCUT2D eigenvalue weighted by molar-refractivity contribution is 5.94. The lowest BCUT2D eigenvalue weighted by Gasteiger charge is -2.12. The molecule has 0 bridgehead atoms. The van der Waals surface area contributed by atoms with Gasteiger partial charge in [0.05, 0.1) is 0 Å². The zero-order valence-corrected chi connectivity index (χ0v) is 15.2. The Kier molecular flexibility index (Phi) is 5.27. The molecular formula is C21H22N4O. The van der Waals surface area contributed by atoms with Gasteiger partial charge in [-0.15, -0.1) is 0 Å². The maximum atomic E-state index is 11.4. The molecule has 0 atom stereocenters. The number of benzene rings is 2. The molecule has 0 aliphatic rings. The van der Waals surface area contributed by atoms with Crippen LogP contribution < -0.4 is 10.6 Å². The van der Waals surface area contributed by atoms with Crippen LogP contribution in [0.4, 0.5) is 23.1 Å². The van der Waals surface area contributed by atoms with E-state index in [-0.39, 0.29) is 5.78 Å². The Morgan fingerprint density at radius 1 is 1.00 bits per heavy atom. The van der Waals surface area contributed by atoms with Crippen molar-refractivity contribution in [2.45, 2.75) is 27.2 Å². The molecule has 2 aromatic carbocycles. The maximum absolute atomic E-state index is 11.4. The van der Waals surface area contributed by atoms with Crippen molar-refractivity contribution in [3.63, 3.8) is 0 Å². The molecule has 0 aliphatic heterocycles. The molecule has 0 spiro atoms. The summed E-state index contributed by atoms with van der Waals surface area (Å²) in [6, 6.07) is 17.4. The van der Waals surface area contributed by atoms with E-state index in [0.29, 0.717) is 11.5 Å². The Balaban J connectivity index is 1.82. The smallest absolute Gasteiger partial charge is 0.229 e. The van der Waals surface area contributed by atoms with Gasteiger partial charge in [-0.3, -0.25) is 4.79 Å². The lowest BCUT2D eigenvalue weighted by atomic mass is 10.1. The van der Waals surface area contributed by atoms with Gasteiger partial charge in [0.15, 0.2) is 5.78 Å². The lowest BCUT2D eigenvalue weighted by molar-refractivity contribution is 0.101. The number of carbonyl (C=O) groups is 1. The average molecular weight is 346 g/mol. The molecule has 26 heavy (non-hydrogen) atoms. The maximum Gasteiger partial charge on any atom is 0.229 e. The number of anilines is 4. The predicted molar refractivity (Wildman–Crippen MR) is 106 cm³/mol. The molecule has 0 saturated heterocycles. The Morgan fingerprint density at radius 2 is 1.73 bits per heavy atom. The van der Waals surface area contributed by atoms with Crippen molar-refractivity contribution in [2.24, 2.45) is 0 Å². The van der Waals surface area contributed by atoms with Crippen LogP contribution in [0.2, 0.25) is 0 Å². The number of rotatable bonds is 6. The molecule has 0 fully saturated rings. The van der Waals surface area contributed by atoms with E-state index < -0.39 is 0 Å². The fourth-order valence-corrected chi connectivity index (χ4v) is 2.69. The molecule has 2 N–H and O–H groups in total. The number of carbonyl (C=O) groups excluding carboxylic acids is 1. The van der Waals surface area contributed by atoms with Gasteiger partial charge < -0.3 is 10.6 Å². The molecule has 5 heteroatoms. The van der Waals surface area contributed by atoms with E-state index in [1.165, 1.54) is 5.56 Å². The highest BCUT2D eigenvalue weighted by Gasteiger charge is 2.06. The first-order valence-electron chi connectivity index (χ1n) is 8.64. The van der Waals surface area contributed by atoms with E-state index >= 15 is 0 Å². The standard InChI is InChI=1S/C21H22N4O/c1-4-16-7-5-6-8-19(16)24-20-13-14(2)22-21(25-20)23-18-11-9-17(10-12-18)15(3)26/h5-13H,4H2,1-3H3,(H2,22,23,24,25). The third kappa shape index (κ3) is 4.25. The topological polar surface area (TPSA) is 66.9 Å². The summed E-state index contributed by atoms with van der Waals surface area (Å²) in [4.78, 5) is 20.4. The van der Waals surface area contributed by atoms with Crippen molar-refractivity contribution >= 4 is 28.9 Å². The SMILES string of the molecule is CCc1ccccc1Nc1cc(C)nc(Nc2ccc(C(C)=O)cc2)n1. The Morgan fingerprint density at radius 3 is 2.42 bits per heavy atom. The summed E-state index contributed by atoms with van der Waals surface area (Å²) in [5, 5.41) is 6.57. The van der Waals surface area contributed by atoms with Crippen LogP contribution in [0.5, 0.6) is 0 Å². The fourth-order valence-electron chi connectivity index (χ4n) is 2.69. The largest absolute Gasteiger partial charge is 0.340 e. The predicted octanol–water partition coefficient (Wildman–Crippen LogP) is 5.04. The zero-order chi connectivity index (χ0) is 18.5. The van der Waals surface area contributed by atoms with Crippen molar-refractivity contribution in [1.82, 2.24) is 9.97 Å². The lowest BCUT2D eigenvalue weighted by Crippen LogP contribution is -2.03. The average Bonchev–Trinajstić information content (AvgIpc) is 2.62. The Hall–Kier alpha value is -3.21. The number of para-hydroxylation sites is 1. The quantitative estimate of drug-likeness (QED) is 0.612. The Bertz CT molecular complexity index is 920. The first-order valence-corrected chi connectivity index (χ1v) is 8.64. The molecular weight excluding hydrogens is 324 g/mol. The Labute approximate surface area is 153 Å². The first kappa shape index (κ1) is 17.6. The van der Waals surface area contributed by atoms with Crippen LogP contribution in [-0.4, -0.2) is 15.8 Å². The normalized spacial score (nSPS) is 10.4. The van der Waals surface area contributed by atoms with Gasteiger partial charge in [-0.1, -0.05) is 25.1 Å². The van der Waals surface area contributed by atoms with E-state index in [1.54, 1.807) is 19.1 Å². The van der Waals surface area contributed by atoms with Crippen LogP contribution in [-0.2, 0) is 6.42 Å². The van der Waals surface area contributed by atoms with Gasteiger partial charge in [0, 0.05) is 28.7 Å². The van der Waals surface area contributed by atoms with Crippen molar-refractivity contribution in [1.29, 1.82) is 0 Å². The highest BCUT2D eigenvalue weighted by Crippen LogP contribution is 2.22. The monoisotopic (exact) mass is 346 g/mol. The number of nitrogens with one attached hydrogen (secondary N) is 2. The number of nitrogens with zero attached hydrogens (tertiary/aromatic N) is 2. The number of aromatic nitrogens is 2. The molecule has 0 aliphatic carbocycles. The van der Waals surface area contributed by atoms with Gasteiger partial charge in [0.25, 0.3) is 0 Å². The molecule has 0 amide bonds. The van der Waals surface area contributed by atoms with Crippen molar-refractivity contribution in [2.75, 3.05) is 10.6 Å². The molecule has 3 aromatic rings. The number of aryl methyl sites for hydroxylation is 2. The van der Waals surface area contributed by atoms with Crippen molar-refractivity contribution in [3.8, 4) is 0 Å². The second-order valence-electron chi connectivity index (χ2n) is 6.11. The molecule has 0 unspecified atom stereocenters. The molecule has 132 valence electrons. The summed E-state index contributed by atoms with van der Waals surface area (Å²) in [6.45, 7) is 5.62. The third-order valence-electron chi connectivity index (χ3n) is 4.06. The van der Waals surface area contributed by atoms with Crippen LogP contribution in [0.25, 0.3) is 0 Å². The van der Waals surface area contributed by atoms with Crippen LogP contribution in [0.15, 0.2) is 54.6 Å². The molecule has 3 rings (SSSR count).